The highest BCUT2D eigenvalue weighted by Crippen LogP contribution is 2.35. The molecule has 1 aliphatic heterocycles. The van der Waals surface area contributed by atoms with E-state index in [9.17, 15) is 4.79 Å². The fraction of sp³-hybridized carbons (Fsp3) is 0.650. The van der Waals surface area contributed by atoms with Crippen LogP contribution in [0.25, 0.3) is 0 Å². The van der Waals surface area contributed by atoms with Crippen molar-refractivity contribution < 1.29 is 14.3 Å². The molecule has 1 aliphatic rings. The van der Waals surface area contributed by atoms with Gasteiger partial charge in [-0.15, -0.1) is 12.4 Å². The van der Waals surface area contributed by atoms with Crippen molar-refractivity contribution in [2.24, 2.45) is 5.73 Å². The maximum atomic E-state index is 12.5. The van der Waals surface area contributed by atoms with Crippen LogP contribution in [0.4, 0.5) is 0 Å². The molecule has 1 unspecified atom stereocenters. The van der Waals surface area contributed by atoms with Crippen LogP contribution in [0.1, 0.15) is 52.0 Å². The van der Waals surface area contributed by atoms with Gasteiger partial charge in [-0.05, 0) is 50.8 Å². The zero-order chi connectivity index (χ0) is 18.3. The quantitative estimate of drug-likeness (QED) is 0.721. The third-order valence-corrected chi connectivity index (χ3v) is 5.10. The SMILES string of the molecule is CCCC(C)(N)C(=O)NCC1(c2ccc(OCC)cc2)CCOCC1.Cl. The summed E-state index contributed by atoms with van der Waals surface area (Å²) in [5.74, 6) is 0.793. The number of ether oxygens (including phenoxy) is 2. The highest BCUT2D eigenvalue weighted by molar-refractivity contribution is 5.85. The van der Waals surface area contributed by atoms with Crippen molar-refractivity contribution in [2.45, 2.75) is 57.4 Å². The van der Waals surface area contributed by atoms with Crippen LogP contribution in [0.3, 0.4) is 0 Å². The smallest absolute Gasteiger partial charge is 0.239 e. The number of benzene rings is 1. The molecule has 1 saturated heterocycles. The van der Waals surface area contributed by atoms with Crippen molar-refractivity contribution in [1.29, 1.82) is 0 Å². The fourth-order valence-electron chi connectivity index (χ4n) is 3.49. The Hall–Kier alpha value is -1.30. The maximum absolute atomic E-state index is 12.5. The van der Waals surface area contributed by atoms with Gasteiger partial charge >= 0.3 is 0 Å². The van der Waals surface area contributed by atoms with Crippen LogP contribution < -0.4 is 15.8 Å². The minimum Gasteiger partial charge on any atom is -0.494 e. The number of amides is 1. The first-order valence-corrected chi connectivity index (χ1v) is 9.32. The molecule has 26 heavy (non-hydrogen) atoms. The van der Waals surface area contributed by atoms with Crippen molar-refractivity contribution in [1.82, 2.24) is 5.32 Å². The Labute approximate surface area is 163 Å². The Morgan fingerprint density at radius 3 is 2.42 bits per heavy atom. The van der Waals surface area contributed by atoms with E-state index < -0.39 is 5.54 Å². The second kappa shape index (κ2) is 10.1. The van der Waals surface area contributed by atoms with Gasteiger partial charge in [-0.3, -0.25) is 4.79 Å². The summed E-state index contributed by atoms with van der Waals surface area (Å²) in [6, 6.07) is 8.22. The summed E-state index contributed by atoms with van der Waals surface area (Å²) in [5, 5.41) is 3.11. The number of carbonyl (C=O) groups excluding carboxylic acids is 1. The van der Waals surface area contributed by atoms with Gasteiger partial charge < -0.3 is 20.5 Å². The van der Waals surface area contributed by atoms with Gasteiger partial charge in [0.1, 0.15) is 5.75 Å². The molecule has 6 heteroatoms. The summed E-state index contributed by atoms with van der Waals surface area (Å²) in [6.45, 7) is 8.47. The zero-order valence-electron chi connectivity index (χ0n) is 16.2. The van der Waals surface area contributed by atoms with Crippen molar-refractivity contribution in [3.8, 4) is 5.75 Å². The molecule has 0 aromatic heterocycles. The minimum atomic E-state index is -0.820. The van der Waals surface area contributed by atoms with Gasteiger partial charge in [-0.2, -0.15) is 0 Å². The van der Waals surface area contributed by atoms with Crippen LogP contribution in [0.2, 0.25) is 0 Å². The Balaban J connectivity index is 0.00000338. The molecular formula is C20H33ClN2O3. The van der Waals surface area contributed by atoms with E-state index in [2.05, 4.69) is 17.4 Å². The van der Waals surface area contributed by atoms with Gasteiger partial charge in [0, 0.05) is 25.2 Å². The predicted molar refractivity (Wildman–Crippen MR) is 107 cm³/mol. The molecule has 1 aromatic rings. The number of hydrogen-bond donors (Lipinski definition) is 2. The maximum Gasteiger partial charge on any atom is 0.239 e. The third-order valence-electron chi connectivity index (χ3n) is 5.10. The molecule has 1 atom stereocenters. The second-order valence-electron chi connectivity index (χ2n) is 7.20. The lowest BCUT2D eigenvalue weighted by atomic mass is 9.74. The van der Waals surface area contributed by atoms with Crippen LogP contribution in [0.15, 0.2) is 24.3 Å². The fourth-order valence-corrected chi connectivity index (χ4v) is 3.49. The average Bonchev–Trinajstić information content (AvgIpc) is 2.61. The topological polar surface area (TPSA) is 73.6 Å². The highest BCUT2D eigenvalue weighted by atomic mass is 35.5. The summed E-state index contributed by atoms with van der Waals surface area (Å²) < 4.78 is 11.1. The summed E-state index contributed by atoms with van der Waals surface area (Å²) in [5.41, 5.74) is 6.45. The van der Waals surface area contributed by atoms with Gasteiger partial charge in [-0.1, -0.05) is 25.5 Å². The molecule has 2 rings (SSSR count). The van der Waals surface area contributed by atoms with Crippen LogP contribution in [0, 0.1) is 0 Å². The molecule has 148 valence electrons. The molecule has 0 spiro atoms. The Bertz CT molecular complexity index is 555. The van der Waals surface area contributed by atoms with Gasteiger partial charge in [0.2, 0.25) is 5.91 Å². The van der Waals surface area contributed by atoms with Crippen LogP contribution in [0.5, 0.6) is 5.75 Å². The minimum absolute atomic E-state index is 0. The predicted octanol–water partition coefficient (Wildman–Crippen LogP) is 3.19. The van der Waals surface area contributed by atoms with Gasteiger partial charge in [-0.25, -0.2) is 0 Å². The van der Waals surface area contributed by atoms with Gasteiger partial charge in [0.15, 0.2) is 0 Å². The summed E-state index contributed by atoms with van der Waals surface area (Å²) >= 11 is 0. The van der Waals surface area contributed by atoms with E-state index in [0.29, 0.717) is 32.8 Å². The van der Waals surface area contributed by atoms with E-state index in [-0.39, 0.29) is 23.7 Å². The standard InChI is InChI=1S/C20H32N2O3.ClH/c1-4-10-19(3,21)18(23)22-15-20(11-13-24-14-12-20)16-6-8-17(9-7-16)25-5-2;/h6-9H,4-5,10-15,21H2,1-3H3,(H,22,23);1H. The first-order valence-electron chi connectivity index (χ1n) is 9.32. The van der Waals surface area contributed by atoms with Crippen LogP contribution in [-0.4, -0.2) is 37.8 Å². The third kappa shape index (κ3) is 5.60. The molecule has 1 aromatic carbocycles. The molecule has 1 fully saturated rings. The lowest BCUT2D eigenvalue weighted by molar-refractivity contribution is -0.126. The zero-order valence-corrected chi connectivity index (χ0v) is 17.0. The molecule has 0 bridgehead atoms. The summed E-state index contributed by atoms with van der Waals surface area (Å²) in [4.78, 5) is 12.5. The van der Waals surface area contributed by atoms with E-state index in [1.165, 1.54) is 5.56 Å². The van der Waals surface area contributed by atoms with E-state index >= 15 is 0 Å². The van der Waals surface area contributed by atoms with E-state index in [0.717, 1.165) is 25.0 Å². The highest BCUT2D eigenvalue weighted by Gasteiger charge is 2.36. The Morgan fingerprint density at radius 1 is 1.27 bits per heavy atom. The lowest BCUT2D eigenvalue weighted by Gasteiger charge is -2.39. The normalized spacial score (nSPS) is 18.3. The first-order chi connectivity index (χ1) is 11.9. The molecule has 1 amide bonds. The molecule has 1 heterocycles. The van der Waals surface area contributed by atoms with Gasteiger partial charge in [0.25, 0.3) is 0 Å². The lowest BCUT2D eigenvalue weighted by Crippen LogP contribution is -2.55. The number of nitrogens with one attached hydrogen (secondary N) is 1. The second-order valence-corrected chi connectivity index (χ2v) is 7.20. The number of nitrogens with two attached hydrogens (primary N) is 1. The largest absolute Gasteiger partial charge is 0.494 e. The van der Waals surface area contributed by atoms with E-state index in [1.807, 2.05) is 26.0 Å². The van der Waals surface area contributed by atoms with Crippen molar-refractivity contribution in [2.75, 3.05) is 26.4 Å². The number of hydrogen-bond acceptors (Lipinski definition) is 4. The summed E-state index contributed by atoms with van der Waals surface area (Å²) in [6.07, 6.45) is 3.34. The van der Waals surface area contributed by atoms with Crippen LogP contribution >= 0.6 is 12.4 Å². The molecule has 0 radical (unpaired) electrons. The molecule has 5 nitrogen and oxygen atoms in total. The average molecular weight is 385 g/mol. The number of rotatable bonds is 8. The first kappa shape index (κ1) is 22.7. The van der Waals surface area contributed by atoms with Crippen molar-refractivity contribution in [3.63, 3.8) is 0 Å². The summed E-state index contributed by atoms with van der Waals surface area (Å²) in [7, 11) is 0. The monoisotopic (exact) mass is 384 g/mol. The Kier molecular flexibility index (Phi) is 8.87. The van der Waals surface area contributed by atoms with E-state index in [4.69, 9.17) is 15.2 Å². The number of carbonyl (C=O) groups is 1. The molecule has 3 N–H and O–H groups in total. The number of halogens is 1. The van der Waals surface area contributed by atoms with E-state index in [1.54, 1.807) is 6.92 Å². The Morgan fingerprint density at radius 2 is 1.88 bits per heavy atom. The van der Waals surface area contributed by atoms with Crippen molar-refractivity contribution >= 4 is 18.3 Å². The van der Waals surface area contributed by atoms with Crippen LogP contribution in [-0.2, 0) is 14.9 Å². The molecular weight excluding hydrogens is 352 g/mol. The molecule has 0 aliphatic carbocycles. The van der Waals surface area contributed by atoms with Gasteiger partial charge in [0.05, 0.1) is 12.1 Å². The molecule has 0 saturated carbocycles. The van der Waals surface area contributed by atoms with Crippen molar-refractivity contribution in [3.05, 3.63) is 29.8 Å².